The standard InChI is InChI=1S/C9H12F3N4O/c1-5(7(13)17)3-2-4-6-14-8(16-15-6)9(10,11)12/h2,5H,3-4H2,1H3,(H2,13,17)(H,14,15,16)/t5-/m0/s1. The third-order valence-corrected chi connectivity index (χ3v) is 2.13. The molecule has 0 fully saturated rings. The maximum atomic E-state index is 12.2. The SMILES string of the molecule is C[C@@H](C[CH]Cc1n[nH]c(C(F)(F)F)n1)C(N)=O. The van der Waals surface area contributed by atoms with Crippen molar-refractivity contribution in [3.63, 3.8) is 0 Å². The number of hydrogen-bond acceptors (Lipinski definition) is 3. The Hall–Kier alpha value is -1.60. The van der Waals surface area contributed by atoms with E-state index in [1.165, 1.54) is 0 Å². The summed E-state index contributed by atoms with van der Waals surface area (Å²) < 4.78 is 36.5. The first-order valence-corrected chi connectivity index (χ1v) is 4.90. The lowest BCUT2D eigenvalue weighted by Crippen LogP contribution is -2.20. The van der Waals surface area contributed by atoms with Gasteiger partial charge in [-0.05, 0) is 12.8 Å². The maximum absolute atomic E-state index is 12.2. The molecule has 0 aliphatic rings. The molecule has 1 aromatic rings. The fourth-order valence-corrected chi connectivity index (χ4v) is 1.09. The Kier molecular flexibility index (Phi) is 4.08. The van der Waals surface area contributed by atoms with Gasteiger partial charge in [-0.15, -0.1) is 0 Å². The van der Waals surface area contributed by atoms with Gasteiger partial charge in [-0.25, -0.2) is 4.98 Å². The number of aromatic nitrogens is 3. The van der Waals surface area contributed by atoms with Gasteiger partial charge < -0.3 is 5.73 Å². The Labute approximate surface area is 95.6 Å². The van der Waals surface area contributed by atoms with E-state index in [0.29, 0.717) is 6.42 Å². The number of hydrogen-bond donors (Lipinski definition) is 2. The van der Waals surface area contributed by atoms with Crippen molar-refractivity contribution in [3.8, 4) is 0 Å². The van der Waals surface area contributed by atoms with Crippen molar-refractivity contribution in [2.45, 2.75) is 25.9 Å². The van der Waals surface area contributed by atoms with Gasteiger partial charge in [-0.3, -0.25) is 9.89 Å². The highest BCUT2D eigenvalue weighted by Gasteiger charge is 2.35. The molecule has 8 heteroatoms. The molecule has 0 aromatic carbocycles. The van der Waals surface area contributed by atoms with E-state index in [-0.39, 0.29) is 18.2 Å². The number of alkyl halides is 3. The van der Waals surface area contributed by atoms with Crippen LogP contribution in [0.3, 0.4) is 0 Å². The minimum absolute atomic E-state index is 0.0361. The van der Waals surface area contributed by atoms with Gasteiger partial charge in [0.15, 0.2) is 5.82 Å². The first kappa shape index (κ1) is 13.5. The summed E-state index contributed by atoms with van der Waals surface area (Å²) in [5, 5.41) is 5.23. The van der Waals surface area contributed by atoms with E-state index in [1.54, 1.807) is 13.3 Å². The molecule has 1 heterocycles. The predicted molar refractivity (Wildman–Crippen MR) is 52.4 cm³/mol. The van der Waals surface area contributed by atoms with E-state index < -0.39 is 17.9 Å². The average molecular weight is 249 g/mol. The zero-order chi connectivity index (χ0) is 13.1. The molecule has 3 N–H and O–H groups in total. The van der Waals surface area contributed by atoms with Crippen LogP contribution >= 0.6 is 0 Å². The second kappa shape index (κ2) is 5.15. The number of halogens is 3. The fraction of sp³-hybridized carbons (Fsp3) is 0.556. The summed E-state index contributed by atoms with van der Waals surface area (Å²) in [5.41, 5.74) is 5.03. The molecular weight excluding hydrogens is 237 g/mol. The molecule has 0 aliphatic heterocycles. The van der Waals surface area contributed by atoms with E-state index in [1.807, 2.05) is 5.10 Å². The largest absolute Gasteiger partial charge is 0.451 e. The maximum Gasteiger partial charge on any atom is 0.451 e. The van der Waals surface area contributed by atoms with Crippen LogP contribution in [-0.4, -0.2) is 21.1 Å². The molecule has 95 valence electrons. The highest BCUT2D eigenvalue weighted by molar-refractivity contribution is 5.76. The quantitative estimate of drug-likeness (QED) is 0.818. The molecule has 0 saturated heterocycles. The van der Waals surface area contributed by atoms with Gasteiger partial charge in [0.2, 0.25) is 11.7 Å². The van der Waals surface area contributed by atoms with Crippen LogP contribution in [0.2, 0.25) is 0 Å². The molecule has 1 radical (unpaired) electrons. The lowest BCUT2D eigenvalue weighted by molar-refractivity contribution is -0.144. The molecule has 0 saturated carbocycles. The van der Waals surface area contributed by atoms with Gasteiger partial charge >= 0.3 is 6.18 Å². The fourth-order valence-electron chi connectivity index (χ4n) is 1.09. The van der Waals surface area contributed by atoms with Crippen molar-refractivity contribution in [1.29, 1.82) is 0 Å². The minimum atomic E-state index is -4.52. The van der Waals surface area contributed by atoms with E-state index in [9.17, 15) is 18.0 Å². The number of primary amides is 1. The zero-order valence-electron chi connectivity index (χ0n) is 9.08. The first-order chi connectivity index (χ1) is 7.80. The highest BCUT2D eigenvalue weighted by atomic mass is 19.4. The molecule has 0 bridgehead atoms. The van der Waals surface area contributed by atoms with Crippen molar-refractivity contribution < 1.29 is 18.0 Å². The van der Waals surface area contributed by atoms with Crippen LogP contribution in [0.15, 0.2) is 0 Å². The molecule has 0 unspecified atom stereocenters. The Bertz CT molecular complexity index is 388. The lowest BCUT2D eigenvalue weighted by atomic mass is 10.0. The average Bonchev–Trinajstić information content (AvgIpc) is 2.65. The van der Waals surface area contributed by atoms with Crippen molar-refractivity contribution in [3.05, 3.63) is 18.1 Å². The first-order valence-electron chi connectivity index (χ1n) is 4.90. The van der Waals surface area contributed by atoms with Crippen molar-refractivity contribution in [1.82, 2.24) is 15.2 Å². The monoisotopic (exact) mass is 249 g/mol. The Morgan fingerprint density at radius 2 is 2.24 bits per heavy atom. The minimum Gasteiger partial charge on any atom is -0.369 e. The summed E-state index contributed by atoms with van der Waals surface area (Å²) in [7, 11) is 0. The molecule has 0 aliphatic carbocycles. The van der Waals surface area contributed by atoms with Crippen LogP contribution in [-0.2, 0) is 17.4 Å². The topological polar surface area (TPSA) is 84.7 Å². The molecular formula is C9H12F3N4O. The summed E-state index contributed by atoms with van der Waals surface area (Å²) in [5.74, 6) is -1.89. The van der Waals surface area contributed by atoms with Gasteiger partial charge in [-0.2, -0.15) is 18.3 Å². The van der Waals surface area contributed by atoms with Gasteiger partial charge in [0.25, 0.3) is 0 Å². The normalized spacial score (nSPS) is 13.6. The van der Waals surface area contributed by atoms with E-state index >= 15 is 0 Å². The Morgan fingerprint density at radius 3 is 2.71 bits per heavy atom. The van der Waals surface area contributed by atoms with Gasteiger partial charge in [-0.1, -0.05) is 6.92 Å². The van der Waals surface area contributed by atoms with Crippen LogP contribution < -0.4 is 5.73 Å². The lowest BCUT2D eigenvalue weighted by Gasteiger charge is -2.04. The van der Waals surface area contributed by atoms with Crippen molar-refractivity contribution in [2.24, 2.45) is 11.7 Å². The number of carbonyl (C=O) groups excluding carboxylic acids is 1. The number of amides is 1. The highest BCUT2D eigenvalue weighted by Crippen LogP contribution is 2.25. The molecule has 1 aromatic heterocycles. The molecule has 1 rings (SSSR count). The van der Waals surface area contributed by atoms with E-state index in [4.69, 9.17) is 5.73 Å². The molecule has 1 amide bonds. The summed E-state index contributed by atoms with van der Waals surface area (Å²) in [4.78, 5) is 14.0. The number of nitrogens with zero attached hydrogens (tertiary/aromatic N) is 2. The smallest absolute Gasteiger partial charge is 0.369 e. The molecule has 1 atom stereocenters. The summed E-state index contributed by atoms with van der Waals surface area (Å²) in [6.07, 6.45) is -2.36. The predicted octanol–water partition coefficient (Wildman–Crippen LogP) is 1.08. The number of nitrogens with two attached hydrogens (primary N) is 1. The summed E-state index contributed by atoms with van der Waals surface area (Å²) in [6.45, 7) is 1.64. The van der Waals surface area contributed by atoms with Crippen LogP contribution in [0.25, 0.3) is 0 Å². The Morgan fingerprint density at radius 1 is 1.59 bits per heavy atom. The van der Waals surface area contributed by atoms with Crippen LogP contribution in [0.5, 0.6) is 0 Å². The van der Waals surface area contributed by atoms with Gasteiger partial charge in [0, 0.05) is 12.3 Å². The second-order valence-corrected chi connectivity index (χ2v) is 3.63. The van der Waals surface area contributed by atoms with Crippen LogP contribution in [0.1, 0.15) is 25.0 Å². The third-order valence-electron chi connectivity index (χ3n) is 2.13. The van der Waals surface area contributed by atoms with Gasteiger partial charge in [0.1, 0.15) is 0 Å². The van der Waals surface area contributed by atoms with Crippen LogP contribution in [0, 0.1) is 12.3 Å². The van der Waals surface area contributed by atoms with E-state index in [0.717, 1.165) is 0 Å². The number of carbonyl (C=O) groups is 1. The van der Waals surface area contributed by atoms with Gasteiger partial charge in [0.05, 0.1) is 0 Å². The number of rotatable bonds is 5. The van der Waals surface area contributed by atoms with Crippen LogP contribution in [0.4, 0.5) is 13.2 Å². The van der Waals surface area contributed by atoms with E-state index in [2.05, 4.69) is 10.1 Å². The number of aromatic amines is 1. The Balaban J connectivity index is 2.43. The number of H-pyrrole nitrogens is 1. The number of nitrogens with one attached hydrogen (secondary N) is 1. The van der Waals surface area contributed by atoms with Crippen molar-refractivity contribution >= 4 is 5.91 Å². The molecule has 5 nitrogen and oxygen atoms in total. The third kappa shape index (κ3) is 4.04. The summed E-state index contributed by atoms with van der Waals surface area (Å²) in [6, 6.07) is 0. The zero-order valence-corrected chi connectivity index (χ0v) is 9.08. The summed E-state index contributed by atoms with van der Waals surface area (Å²) >= 11 is 0. The molecule has 0 spiro atoms. The van der Waals surface area contributed by atoms with Crippen molar-refractivity contribution in [2.75, 3.05) is 0 Å². The molecule has 17 heavy (non-hydrogen) atoms. The second-order valence-electron chi connectivity index (χ2n) is 3.63.